The van der Waals surface area contributed by atoms with Gasteiger partial charge in [-0.1, -0.05) is 0 Å². The van der Waals surface area contributed by atoms with Crippen molar-refractivity contribution < 1.29 is 8.83 Å². The Balaban J connectivity index is 1.59. The minimum absolute atomic E-state index is 0.326. The number of hydrogen-bond acceptors (Lipinski definition) is 4. The van der Waals surface area contributed by atoms with Gasteiger partial charge < -0.3 is 14.2 Å². The van der Waals surface area contributed by atoms with Crippen LogP contribution in [0.25, 0.3) is 0 Å². The Hall–Kier alpha value is -1.52. The second-order valence-electron chi connectivity index (χ2n) is 4.98. The predicted octanol–water partition coefficient (Wildman–Crippen LogP) is 2.80. The van der Waals surface area contributed by atoms with Gasteiger partial charge in [0.2, 0.25) is 0 Å². The summed E-state index contributed by atoms with van der Waals surface area (Å²) in [5.41, 5.74) is 0. The summed E-state index contributed by atoms with van der Waals surface area (Å²) in [6.07, 6.45) is 6.04. The Bertz CT molecular complexity index is 458. The van der Waals surface area contributed by atoms with Gasteiger partial charge in [-0.25, -0.2) is 0 Å². The van der Waals surface area contributed by atoms with Crippen LogP contribution in [0.2, 0.25) is 0 Å². The largest absolute Gasteiger partial charge is 0.468 e. The van der Waals surface area contributed by atoms with Crippen molar-refractivity contribution in [3.63, 3.8) is 0 Å². The molecule has 4 nitrogen and oxygen atoms in total. The van der Waals surface area contributed by atoms with Crippen molar-refractivity contribution in [2.75, 3.05) is 19.6 Å². The summed E-state index contributed by atoms with van der Waals surface area (Å²) in [5, 5.41) is 3.46. The van der Waals surface area contributed by atoms with Crippen LogP contribution in [0.4, 0.5) is 0 Å². The Morgan fingerprint density at radius 1 is 1.11 bits per heavy atom. The van der Waals surface area contributed by atoms with Gasteiger partial charge >= 0.3 is 0 Å². The van der Waals surface area contributed by atoms with Crippen LogP contribution in [0, 0.1) is 0 Å². The lowest BCUT2D eigenvalue weighted by Gasteiger charge is -2.25. The van der Waals surface area contributed by atoms with E-state index in [1.165, 1.54) is 12.8 Å². The molecule has 0 amide bonds. The van der Waals surface area contributed by atoms with Crippen molar-refractivity contribution in [2.45, 2.75) is 25.4 Å². The molecule has 0 aliphatic carbocycles. The zero-order valence-corrected chi connectivity index (χ0v) is 11.0. The smallest absolute Gasteiger partial charge is 0.122 e. The minimum atomic E-state index is 0.326. The van der Waals surface area contributed by atoms with Crippen LogP contribution in [0.1, 0.15) is 30.4 Å². The van der Waals surface area contributed by atoms with E-state index in [1.807, 2.05) is 18.2 Å². The summed E-state index contributed by atoms with van der Waals surface area (Å²) in [5.74, 6) is 2.02. The molecule has 4 heteroatoms. The summed E-state index contributed by atoms with van der Waals surface area (Å²) in [4.78, 5) is 2.49. The molecular formula is C15H20N2O2. The summed E-state index contributed by atoms with van der Waals surface area (Å²) in [6.45, 7) is 3.97. The first-order valence-electron chi connectivity index (χ1n) is 6.94. The molecule has 1 atom stereocenters. The molecule has 0 spiro atoms. The van der Waals surface area contributed by atoms with Gasteiger partial charge in [0.25, 0.3) is 0 Å². The van der Waals surface area contributed by atoms with Crippen LogP contribution in [0.5, 0.6) is 0 Å². The van der Waals surface area contributed by atoms with E-state index in [0.717, 1.165) is 37.7 Å². The second-order valence-corrected chi connectivity index (χ2v) is 4.98. The summed E-state index contributed by atoms with van der Waals surface area (Å²) >= 11 is 0. The van der Waals surface area contributed by atoms with Gasteiger partial charge in [0, 0.05) is 6.54 Å². The second kappa shape index (κ2) is 6.08. The molecular weight excluding hydrogens is 240 g/mol. The van der Waals surface area contributed by atoms with E-state index in [1.54, 1.807) is 12.5 Å². The average molecular weight is 260 g/mol. The quantitative estimate of drug-likeness (QED) is 0.867. The number of hydrogen-bond donors (Lipinski definition) is 1. The molecule has 3 rings (SSSR count). The molecule has 0 radical (unpaired) electrons. The van der Waals surface area contributed by atoms with E-state index in [4.69, 9.17) is 8.83 Å². The molecule has 0 saturated carbocycles. The van der Waals surface area contributed by atoms with Gasteiger partial charge in [0.15, 0.2) is 0 Å². The van der Waals surface area contributed by atoms with E-state index in [0.29, 0.717) is 6.04 Å². The van der Waals surface area contributed by atoms with Gasteiger partial charge in [-0.15, -0.1) is 0 Å². The molecule has 1 saturated heterocycles. The fourth-order valence-electron chi connectivity index (χ4n) is 2.69. The monoisotopic (exact) mass is 260 g/mol. The first-order valence-corrected chi connectivity index (χ1v) is 6.94. The predicted molar refractivity (Wildman–Crippen MR) is 72.7 cm³/mol. The molecule has 102 valence electrons. The third kappa shape index (κ3) is 3.08. The number of nitrogens with zero attached hydrogens (tertiary/aromatic N) is 1. The van der Waals surface area contributed by atoms with Gasteiger partial charge in [0.1, 0.15) is 11.5 Å². The fourth-order valence-corrected chi connectivity index (χ4v) is 2.69. The number of furan rings is 2. The Labute approximate surface area is 113 Å². The zero-order valence-electron chi connectivity index (χ0n) is 11.0. The maximum atomic E-state index is 5.59. The van der Waals surface area contributed by atoms with Gasteiger partial charge in [-0.05, 0) is 50.2 Å². The molecule has 1 aliphatic rings. The van der Waals surface area contributed by atoms with E-state index in [-0.39, 0.29) is 0 Å². The van der Waals surface area contributed by atoms with Crippen LogP contribution in [0.3, 0.4) is 0 Å². The van der Waals surface area contributed by atoms with Crippen molar-refractivity contribution >= 4 is 0 Å². The minimum Gasteiger partial charge on any atom is -0.468 e. The van der Waals surface area contributed by atoms with E-state index in [9.17, 15) is 0 Å². The van der Waals surface area contributed by atoms with Crippen LogP contribution in [0.15, 0.2) is 45.6 Å². The lowest BCUT2D eigenvalue weighted by molar-refractivity contribution is 0.208. The SMILES string of the molecule is c1coc(CNCC(c2ccco2)N2CCCC2)c1. The van der Waals surface area contributed by atoms with Gasteiger partial charge in [-0.3, -0.25) is 4.90 Å². The standard InChI is InChI=1S/C15H20N2O2/c1-2-8-17(7-1)14(15-6-4-10-19-15)12-16-11-13-5-3-9-18-13/h3-6,9-10,14,16H,1-2,7-8,11-12H2. The fraction of sp³-hybridized carbons (Fsp3) is 0.467. The topological polar surface area (TPSA) is 41.6 Å². The third-order valence-electron chi connectivity index (χ3n) is 3.67. The van der Waals surface area contributed by atoms with Crippen LogP contribution >= 0.6 is 0 Å². The normalized spacial score (nSPS) is 17.9. The van der Waals surface area contributed by atoms with Crippen molar-refractivity contribution in [1.82, 2.24) is 10.2 Å². The maximum Gasteiger partial charge on any atom is 0.122 e. The van der Waals surface area contributed by atoms with Crippen LogP contribution in [-0.4, -0.2) is 24.5 Å². The first-order chi connectivity index (χ1) is 9.43. The third-order valence-corrected chi connectivity index (χ3v) is 3.67. The average Bonchev–Trinajstić information content (AvgIpc) is 3.15. The van der Waals surface area contributed by atoms with Gasteiger partial charge in [0.05, 0.1) is 25.1 Å². The molecule has 1 N–H and O–H groups in total. The summed E-state index contributed by atoms with van der Waals surface area (Å²) < 4.78 is 10.9. The van der Waals surface area contributed by atoms with Crippen molar-refractivity contribution in [1.29, 1.82) is 0 Å². The maximum absolute atomic E-state index is 5.59. The number of nitrogens with one attached hydrogen (secondary N) is 1. The highest BCUT2D eigenvalue weighted by Crippen LogP contribution is 2.24. The highest BCUT2D eigenvalue weighted by Gasteiger charge is 2.25. The molecule has 2 aromatic rings. The zero-order chi connectivity index (χ0) is 12.9. The van der Waals surface area contributed by atoms with Gasteiger partial charge in [-0.2, -0.15) is 0 Å². The Morgan fingerprint density at radius 2 is 1.89 bits per heavy atom. The lowest BCUT2D eigenvalue weighted by atomic mass is 10.2. The molecule has 3 heterocycles. The van der Waals surface area contributed by atoms with E-state index < -0.39 is 0 Å². The van der Waals surface area contributed by atoms with E-state index in [2.05, 4.69) is 16.3 Å². The van der Waals surface area contributed by atoms with Crippen LogP contribution < -0.4 is 5.32 Å². The molecule has 0 aromatic carbocycles. The highest BCUT2D eigenvalue weighted by molar-refractivity contribution is 5.06. The molecule has 19 heavy (non-hydrogen) atoms. The number of rotatable bonds is 6. The Morgan fingerprint density at radius 3 is 2.58 bits per heavy atom. The molecule has 2 aromatic heterocycles. The van der Waals surface area contributed by atoms with Crippen molar-refractivity contribution in [3.05, 3.63) is 48.3 Å². The van der Waals surface area contributed by atoms with Crippen LogP contribution in [-0.2, 0) is 6.54 Å². The van der Waals surface area contributed by atoms with Crippen molar-refractivity contribution in [2.24, 2.45) is 0 Å². The summed E-state index contributed by atoms with van der Waals surface area (Å²) in [7, 11) is 0. The molecule has 1 aliphatic heterocycles. The first kappa shape index (κ1) is 12.5. The van der Waals surface area contributed by atoms with Crippen molar-refractivity contribution in [3.8, 4) is 0 Å². The molecule has 1 fully saturated rings. The lowest BCUT2D eigenvalue weighted by Crippen LogP contribution is -2.33. The molecule has 1 unspecified atom stereocenters. The Kier molecular flexibility index (Phi) is 4.01. The van der Waals surface area contributed by atoms with E-state index >= 15 is 0 Å². The highest BCUT2D eigenvalue weighted by atomic mass is 16.3. The molecule has 0 bridgehead atoms. The number of likely N-dealkylation sites (tertiary alicyclic amines) is 1. The summed E-state index contributed by atoms with van der Waals surface area (Å²) in [6, 6.07) is 8.27.